The molecule has 1 heterocycles. The lowest BCUT2D eigenvalue weighted by molar-refractivity contribution is 0.1000. The van der Waals surface area contributed by atoms with Gasteiger partial charge in [-0.25, -0.2) is 0 Å². The van der Waals surface area contributed by atoms with Gasteiger partial charge in [0.1, 0.15) is 0 Å². The number of nitrogens with zero attached hydrogens (tertiary/aromatic N) is 1. The number of carbonyl (C=O) groups excluding carboxylic acids is 1. The molecule has 0 fully saturated rings. The average molecular weight is 256 g/mol. The molecule has 1 aromatic heterocycles. The number of hydrogen-bond donors (Lipinski definition) is 1. The van der Waals surface area contributed by atoms with E-state index in [1.165, 1.54) is 0 Å². The van der Waals surface area contributed by atoms with Crippen LogP contribution < -0.4 is 5.73 Å². The maximum Gasteiger partial charge on any atom is 0.251 e. The predicted molar refractivity (Wildman–Crippen MR) is 78.2 cm³/mol. The maximum atomic E-state index is 11.8. The first-order valence-electron chi connectivity index (χ1n) is 6.62. The molecule has 3 nitrogen and oxygen atoms in total. The van der Waals surface area contributed by atoms with Crippen LogP contribution in [0.2, 0.25) is 0 Å². The summed E-state index contributed by atoms with van der Waals surface area (Å²) in [7, 11) is 0. The summed E-state index contributed by atoms with van der Waals surface area (Å²) in [5, 5.41) is 0. The summed E-state index contributed by atoms with van der Waals surface area (Å²) in [5.74, 6) is -0.352. The molecular weight excluding hydrogens is 236 g/mol. The number of amides is 1. The van der Waals surface area contributed by atoms with Crippen molar-refractivity contribution in [3.63, 3.8) is 0 Å². The highest BCUT2D eigenvalue weighted by Gasteiger charge is 2.21. The molecule has 100 valence electrons. The van der Waals surface area contributed by atoms with Crippen LogP contribution in [0.15, 0.2) is 30.3 Å². The van der Waals surface area contributed by atoms with Crippen LogP contribution in [0.1, 0.15) is 35.1 Å². The molecule has 1 aromatic carbocycles. The fourth-order valence-corrected chi connectivity index (χ4v) is 2.70. The molecule has 19 heavy (non-hydrogen) atoms. The lowest BCUT2D eigenvalue weighted by atomic mass is 10.0. The van der Waals surface area contributed by atoms with E-state index < -0.39 is 0 Å². The van der Waals surface area contributed by atoms with Gasteiger partial charge in [0.15, 0.2) is 0 Å². The van der Waals surface area contributed by atoms with Gasteiger partial charge in [-0.05, 0) is 25.8 Å². The second-order valence-electron chi connectivity index (χ2n) is 4.80. The molecule has 0 saturated carbocycles. The molecule has 2 N–H and O–H groups in total. The third-order valence-electron chi connectivity index (χ3n) is 3.54. The van der Waals surface area contributed by atoms with Gasteiger partial charge in [-0.3, -0.25) is 4.79 Å². The summed E-state index contributed by atoms with van der Waals surface area (Å²) in [6.07, 6.45) is 1.03. The monoisotopic (exact) mass is 256 g/mol. The molecule has 0 radical (unpaired) electrons. The first-order valence-corrected chi connectivity index (χ1v) is 6.62. The van der Waals surface area contributed by atoms with Crippen LogP contribution in [-0.2, 0) is 6.54 Å². The zero-order chi connectivity index (χ0) is 14.0. The number of hydrogen-bond acceptors (Lipinski definition) is 1. The highest BCUT2D eigenvalue weighted by Crippen LogP contribution is 2.32. The Kier molecular flexibility index (Phi) is 3.74. The third-order valence-corrected chi connectivity index (χ3v) is 3.54. The Bertz CT molecular complexity index is 597. The average Bonchev–Trinajstić information content (AvgIpc) is 2.64. The van der Waals surface area contributed by atoms with E-state index in [1.54, 1.807) is 0 Å². The highest BCUT2D eigenvalue weighted by molar-refractivity contribution is 6.02. The second kappa shape index (κ2) is 5.31. The maximum absolute atomic E-state index is 11.8. The molecule has 0 bridgehead atoms. The summed E-state index contributed by atoms with van der Waals surface area (Å²) in [6.45, 7) is 7.06. The van der Waals surface area contributed by atoms with Gasteiger partial charge in [0.05, 0.1) is 5.56 Å². The van der Waals surface area contributed by atoms with Gasteiger partial charge in [0, 0.05) is 23.5 Å². The lowest BCUT2D eigenvalue weighted by Crippen LogP contribution is -2.13. The number of aromatic nitrogens is 1. The van der Waals surface area contributed by atoms with E-state index in [1.807, 2.05) is 37.3 Å². The van der Waals surface area contributed by atoms with Crippen molar-refractivity contribution in [2.24, 2.45) is 5.73 Å². The molecule has 1 amide bonds. The van der Waals surface area contributed by atoms with Crippen molar-refractivity contribution < 1.29 is 4.79 Å². The fraction of sp³-hybridized carbons (Fsp3) is 0.312. The first kappa shape index (κ1) is 13.4. The molecule has 0 atom stereocenters. The van der Waals surface area contributed by atoms with Crippen molar-refractivity contribution in [3.8, 4) is 11.1 Å². The summed E-state index contributed by atoms with van der Waals surface area (Å²) >= 11 is 0. The minimum atomic E-state index is -0.352. The van der Waals surface area contributed by atoms with Gasteiger partial charge in [0.25, 0.3) is 5.91 Å². The Morgan fingerprint density at radius 1 is 1.16 bits per heavy atom. The first-order chi connectivity index (χ1) is 9.07. The van der Waals surface area contributed by atoms with Crippen LogP contribution in [-0.4, -0.2) is 10.5 Å². The van der Waals surface area contributed by atoms with E-state index in [2.05, 4.69) is 18.4 Å². The Morgan fingerprint density at radius 2 is 1.79 bits per heavy atom. The quantitative estimate of drug-likeness (QED) is 0.896. The van der Waals surface area contributed by atoms with Crippen molar-refractivity contribution in [3.05, 3.63) is 47.3 Å². The van der Waals surface area contributed by atoms with E-state index >= 15 is 0 Å². The van der Waals surface area contributed by atoms with E-state index in [-0.39, 0.29) is 5.91 Å². The zero-order valence-corrected chi connectivity index (χ0v) is 11.7. The van der Waals surface area contributed by atoms with Gasteiger partial charge < -0.3 is 10.3 Å². The van der Waals surface area contributed by atoms with Crippen molar-refractivity contribution in [2.45, 2.75) is 33.7 Å². The van der Waals surface area contributed by atoms with Crippen molar-refractivity contribution in [2.75, 3.05) is 0 Å². The van der Waals surface area contributed by atoms with Crippen molar-refractivity contribution >= 4 is 5.91 Å². The summed E-state index contributed by atoms with van der Waals surface area (Å²) < 4.78 is 2.18. The van der Waals surface area contributed by atoms with Gasteiger partial charge in [-0.15, -0.1) is 0 Å². The van der Waals surface area contributed by atoms with Crippen LogP contribution in [0.5, 0.6) is 0 Å². The summed E-state index contributed by atoms with van der Waals surface area (Å²) in [5.41, 5.74) is 10.3. The van der Waals surface area contributed by atoms with E-state index in [9.17, 15) is 4.79 Å². The molecular formula is C16H20N2O. The molecule has 2 rings (SSSR count). The Morgan fingerprint density at radius 3 is 2.32 bits per heavy atom. The van der Waals surface area contributed by atoms with Crippen molar-refractivity contribution in [1.29, 1.82) is 0 Å². The normalized spacial score (nSPS) is 10.7. The van der Waals surface area contributed by atoms with E-state index in [4.69, 9.17) is 5.73 Å². The molecule has 2 aromatic rings. The molecule has 0 aliphatic heterocycles. The van der Waals surface area contributed by atoms with Gasteiger partial charge in [0.2, 0.25) is 0 Å². The zero-order valence-electron chi connectivity index (χ0n) is 11.7. The van der Waals surface area contributed by atoms with Crippen LogP contribution in [0.3, 0.4) is 0 Å². The molecule has 0 unspecified atom stereocenters. The van der Waals surface area contributed by atoms with Crippen molar-refractivity contribution in [1.82, 2.24) is 4.57 Å². The summed E-state index contributed by atoms with van der Waals surface area (Å²) in [4.78, 5) is 11.8. The molecule has 0 aliphatic rings. The molecule has 0 spiro atoms. The van der Waals surface area contributed by atoms with Crippen LogP contribution in [0, 0.1) is 13.8 Å². The van der Waals surface area contributed by atoms with Gasteiger partial charge >= 0.3 is 0 Å². The lowest BCUT2D eigenvalue weighted by Gasteiger charge is -2.07. The molecule has 3 heteroatoms. The number of nitrogens with two attached hydrogens (primary N) is 1. The Labute approximate surface area is 114 Å². The van der Waals surface area contributed by atoms with Crippen LogP contribution in [0.25, 0.3) is 11.1 Å². The smallest absolute Gasteiger partial charge is 0.251 e. The van der Waals surface area contributed by atoms with E-state index in [0.717, 1.165) is 35.5 Å². The number of rotatable bonds is 4. The number of benzene rings is 1. The molecule has 0 aliphatic carbocycles. The van der Waals surface area contributed by atoms with Crippen LogP contribution >= 0.6 is 0 Å². The topological polar surface area (TPSA) is 48.0 Å². The van der Waals surface area contributed by atoms with E-state index in [0.29, 0.717) is 5.56 Å². The largest absolute Gasteiger partial charge is 0.366 e. The summed E-state index contributed by atoms with van der Waals surface area (Å²) in [6, 6.07) is 9.96. The Hall–Kier alpha value is -2.03. The molecule has 0 saturated heterocycles. The second-order valence-corrected chi connectivity index (χ2v) is 4.80. The van der Waals surface area contributed by atoms with Crippen LogP contribution in [0.4, 0.5) is 0 Å². The minimum absolute atomic E-state index is 0.352. The fourth-order valence-electron chi connectivity index (χ4n) is 2.70. The standard InChI is InChI=1S/C16H20N2O/c1-4-10-18-11(2)14(13-8-6-5-7-9-13)15(12(18)3)16(17)19/h5-9H,4,10H2,1-3H3,(H2,17,19). The highest BCUT2D eigenvalue weighted by atomic mass is 16.1. The third kappa shape index (κ3) is 2.28. The van der Waals surface area contributed by atoms with Gasteiger partial charge in [-0.1, -0.05) is 37.3 Å². The predicted octanol–water partition coefficient (Wildman–Crippen LogP) is 3.28. The Balaban J connectivity index is 2.72. The van der Waals surface area contributed by atoms with Gasteiger partial charge in [-0.2, -0.15) is 0 Å². The number of primary amides is 1. The minimum Gasteiger partial charge on any atom is -0.366 e. The SMILES string of the molecule is CCCn1c(C)c(C(N)=O)c(-c2ccccc2)c1C. The number of carbonyl (C=O) groups is 1.